The molecule has 3 amide bonds. The van der Waals surface area contributed by atoms with E-state index in [1.807, 2.05) is 0 Å². The second-order valence-corrected chi connectivity index (χ2v) is 7.50. The minimum atomic E-state index is -0.684. The number of halogens is 1. The van der Waals surface area contributed by atoms with Crippen LogP contribution in [0.2, 0.25) is 0 Å². The molecule has 1 aliphatic rings. The normalized spacial score (nSPS) is 14.0. The smallest absolute Gasteiger partial charge is 0.400 e. The molecule has 2 aromatic heterocycles. The van der Waals surface area contributed by atoms with Gasteiger partial charge in [0.1, 0.15) is 23.0 Å². The van der Waals surface area contributed by atoms with Gasteiger partial charge in [-0.25, -0.2) is 14.2 Å². The number of hydrogen-bond donors (Lipinski definition) is 0. The number of aromatic nitrogens is 3. The molecule has 1 fully saturated rings. The van der Waals surface area contributed by atoms with E-state index in [4.69, 9.17) is 4.42 Å². The van der Waals surface area contributed by atoms with Crippen molar-refractivity contribution in [1.29, 1.82) is 0 Å². The molecule has 4 rings (SSSR count). The summed E-state index contributed by atoms with van der Waals surface area (Å²) in [5, 5.41) is 23.7. The van der Waals surface area contributed by atoms with Gasteiger partial charge in [-0.3, -0.25) is 24.5 Å². The summed E-state index contributed by atoms with van der Waals surface area (Å²) in [5.41, 5.74) is 1.43. The average Bonchev–Trinajstić information content (AvgIpc) is 3.54. The maximum absolute atomic E-state index is 13.0. The summed E-state index contributed by atoms with van der Waals surface area (Å²) in [6.45, 7) is 0.666. The maximum atomic E-state index is 13.0. The van der Waals surface area contributed by atoms with Gasteiger partial charge in [-0.2, -0.15) is 5.10 Å². The number of benzene rings is 1. The number of carbonyl (C=O) groups excluding carboxylic acids is 2. The summed E-state index contributed by atoms with van der Waals surface area (Å²) < 4.78 is 19.7. The molecule has 0 aliphatic carbocycles. The Morgan fingerprint density at radius 2 is 1.88 bits per heavy atom. The number of urea groups is 1. The SMILES string of the molecule is O=C1CN(/N=C/c2ccc([N+](=O)[O-])o2)C(=O)N1CCCCCn1cc(-c2ccc(F)cc2)nn1. The fourth-order valence-corrected chi connectivity index (χ4v) is 3.36. The number of rotatable bonds is 10. The highest BCUT2D eigenvalue weighted by molar-refractivity contribution is 6.02. The molecule has 0 bridgehead atoms. The third-order valence-corrected chi connectivity index (χ3v) is 5.10. The number of nitrogens with zero attached hydrogens (tertiary/aromatic N) is 7. The van der Waals surface area contributed by atoms with E-state index >= 15 is 0 Å². The Morgan fingerprint density at radius 1 is 1.12 bits per heavy atom. The summed E-state index contributed by atoms with van der Waals surface area (Å²) in [7, 11) is 0. The highest BCUT2D eigenvalue weighted by Crippen LogP contribution is 2.18. The molecule has 0 unspecified atom stereocenters. The van der Waals surface area contributed by atoms with Crippen molar-refractivity contribution in [2.75, 3.05) is 13.1 Å². The number of imide groups is 1. The Hall–Kier alpha value is -4.42. The van der Waals surface area contributed by atoms with Gasteiger partial charge < -0.3 is 4.42 Å². The third-order valence-electron chi connectivity index (χ3n) is 5.10. The van der Waals surface area contributed by atoms with Crippen LogP contribution in [0.15, 0.2) is 52.1 Å². The van der Waals surface area contributed by atoms with Gasteiger partial charge >= 0.3 is 11.9 Å². The van der Waals surface area contributed by atoms with Gasteiger partial charge in [-0.05, 0) is 49.6 Å². The van der Waals surface area contributed by atoms with Crippen LogP contribution in [0.5, 0.6) is 0 Å². The maximum Gasteiger partial charge on any atom is 0.433 e. The molecular weight excluding hydrogens is 449 g/mol. The Kier molecular flexibility index (Phi) is 6.71. The van der Waals surface area contributed by atoms with Crippen LogP contribution in [0.3, 0.4) is 0 Å². The van der Waals surface area contributed by atoms with Crippen LogP contribution in [-0.4, -0.2) is 61.1 Å². The van der Waals surface area contributed by atoms with Gasteiger partial charge in [0, 0.05) is 18.7 Å². The predicted molar refractivity (Wildman–Crippen MR) is 116 cm³/mol. The van der Waals surface area contributed by atoms with E-state index in [-0.39, 0.29) is 30.6 Å². The summed E-state index contributed by atoms with van der Waals surface area (Å²) in [4.78, 5) is 35.7. The van der Waals surface area contributed by atoms with E-state index in [2.05, 4.69) is 15.4 Å². The molecule has 3 aromatic rings. The van der Waals surface area contributed by atoms with Gasteiger partial charge in [-0.1, -0.05) is 5.21 Å². The standard InChI is InChI=1S/C21H20FN7O5/c22-16-6-4-15(5-7-16)18-13-26(25-24-18)10-2-1-3-11-27-19(30)14-28(21(27)31)23-12-17-8-9-20(34-17)29(32)33/h4-9,12-13H,1-3,10-11,14H2/b23-12+. The van der Waals surface area contributed by atoms with E-state index in [1.165, 1.54) is 24.3 Å². The molecule has 176 valence electrons. The van der Waals surface area contributed by atoms with Gasteiger partial charge in [0.2, 0.25) is 0 Å². The number of nitro groups is 1. The fourth-order valence-electron chi connectivity index (χ4n) is 3.36. The van der Waals surface area contributed by atoms with Crippen LogP contribution in [-0.2, 0) is 11.3 Å². The fraction of sp³-hybridized carbons (Fsp3) is 0.286. The van der Waals surface area contributed by atoms with E-state index < -0.39 is 16.8 Å². The first kappa shape index (κ1) is 22.8. The molecule has 0 radical (unpaired) electrons. The Labute approximate surface area is 192 Å². The quantitative estimate of drug-likeness (QED) is 0.146. The lowest BCUT2D eigenvalue weighted by atomic mass is 10.2. The van der Waals surface area contributed by atoms with Crippen molar-refractivity contribution in [1.82, 2.24) is 24.9 Å². The Balaban J connectivity index is 1.21. The summed E-state index contributed by atoms with van der Waals surface area (Å²) in [6.07, 6.45) is 5.06. The summed E-state index contributed by atoms with van der Waals surface area (Å²) in [5.74, 6) is -1.02. The van der Waals surface area contributed by atoms with Crippen molar-refractivity contribution in [3.8, 4) is 11.3 Å². The Bertz CT molecular complexity index is 1220. The number of hydrogen-bond acceptors (Lipinski definition) is 8. The highest BCUT2D eigenvalue weighted by Gasteiger charge is 2.35. The first-order chi connectivity index (χ1) is 16.4. The van der Waals surface area contributed by atoms with E-state index in [9.17, 15) is 24.1 Å². The van der Waals surface area contributed by atoms with Crippen LogP contribution in [0.4, 0.5) is 15.1 Å². The predicted octanol–water partition coefficient (Wildman–Crippen LogP) is 3.05. The topological polar surface area (TPSA) is 140 Å². The first-order valence-corrected chi connectivity index (χ1v) is 10.5. The van der Waals surface area contributed by atoms with Crippen molar-refractivity contribution < 1.29 is 23.3 Å². The molecule has 0 saturated carbocycles. The zero-order valence-electron chi connectivity index (χ0n) is 17.9. The number of furan rings is 1. The second kappa shape index (κ2) is 10.0. The van der Waals surface area contributed by atoms with Crippen LogP contribution in [0, 0.1) is 15.9 Å². The summed E-state index contributed by atoms with van der Waals surface area (Å²) >= 11 is 0. The van der Waals surface area contributed by atoms with Crippen LogP contribution >= 0.6 is 0 Å². The second-order valence-electron chi connectivity index (χ2n) is 7.50. The van der Waals surface area contributed by atoms with Crippen LogP contribution in [0.25, 0.3) is 11.3 Å². The van der Waals surface area contributed by atoms with Gasteiger partial charge in [0.15, 0.2) is 5.76 Å². The van der Waals surface area contributed by atoms with Gasteiger partial charge in [-0.15, -0.1) is 5.10 Å². The molecule has 12 nitrogen and oxygen atoms in total. The Morgan fingerprint density at radius 3 is 2.62 bits per heavy atom. The number of hydrazone groups is 1. The lowest BCUT2D eigenvalue weighted by molar-refractivity contribution is -0.402. The van der Waals surface area contributed by atoms with E-state index in [1.54, 1.807) is 23.0 Å². The van der Waals surface area contributed by atoms with Crippen molar-refractivity contribution in [3.05, 3.63) is 64.3 Å². The highest BCUT2D eigenvalue weighted by atomic mass is 19.1. The monoisotopic (exact) mass is 469 g/mol. The van der Waals surface area contributed by atoms with Crippen molar-refractivity contribution in [2.24, 2.45) is 5.10 Å². The van der Waals surface area contributed by atoms with Gasteiger partial charge in [0.25, 0.3) is 5.91 Å². The van der Waals surface area contributed by atoms with Gasteiger partial charge in [0.05, 0.1) is 18.5 Å². The first-order valence-electron chi connectivity index (χ1n) is 10.5. The zero-order chi connectivity index (χ0) is 24.1. The number of amides is 3. The number of aryl methyl sites for hydroxylation is 1. The molecule has 0 spiro atoms. The largest absolute Gasteiger partial charge is 0.433 e. The van der Waals surface area contributed by atoms with Crippen LogP contribution < -0.4 is 0 Å². The molecule has 0 N–H and O–H groups in total. The van der Waals surface area contributed by atoms with Crippen molar-refractivity contribution in [3.63, 3.8) is 0 Å². The molecule has 1 aliphatic heterocycles. The summed E-state index contributed by atoms with van der Waals surface area (Å²) in [6, 6.07) is 7.98. The lowest BCUT2D eigenvalue weighted by Crippen LogP contribution is -2.32. The zero-order valence-corrected chi connectivity index (χ0v) is 17.9. The van der Waals surface area contributed by atoms with Crippen molar-refractivity contribution in [2.45, 2.75) is 25.8 Å². The number of unbranched alkanes of at least 4 members (excludes halogenated alkanes) is 2. The molecule has 1 saturated heterocycles. The lowest BCUT2D eigenvalue weighted by Gasteiger charge is -2.13. The molecular formula is C21H20FN7O5. The molecule has 13 heteroatoms. The van der Waals surface area contributed by atoms with E-state index in [0.717, 1.165) is 34.5 Å². The molecule has 34 heavy (non-hydrogen) atoms. The minimum Gasteiger partial charge on any atom is -0.400 e. The number of carbonyl (C=O) groups is 2. The van der Waals surface area contributed by atoms with Crippen LogP contribution in [0.1, 0.15) is 25.0 Å². The average molecular weight is 469 g/mol. The molecule has 1 aromatic carbocycles. The third kappa shape index (κ3) is 5.31. The van der Waals surface area contributed by atoms with Crippen molar-refractivity contribution >= 4 is 24.0 Å². The molecule has 3 heterocycles. The minimum absolute atomic E-state index is 0.0982. The molecule has 0 atom stereocenters. The van der Waals surface area contributed by atoms with E-state index in [0.29, 0.717) is 18.7 Å².